The van der Waals surface area contributed by atoms with Crippen LogP contribution in [0.2, 0.25) is 0 Å². The molecular formula is C19H24N4O. The van der Waals surface area contributed by atoms with Gasteiger partial charge in [-0.25, -0.2) is 4.68 Å². The Balaban J connectivity index is 1.59. The molecule has 3 rings (SSSR count). The maximum atomic E-state index is 11.8. The number of nitrogens with one attached hydrogen (secondary N) is 1. The Morgan fingerprint density at radius 3 is 2.83 bits per heavy atom. The van der Waals surface area contributed by atoms with Gasteiger partial charge < -0.3 is 5.32 Å². The molecule has 126 valence electrons. The minimum absolute atomic E-state index is 0.116. The largest absolute Gasteiger partial charge is 0.355 e. The summed E-state index contributed by atoms with van der Waals surface area (Å²) in [6.45, 7) is 5.01. The summed E-state index contributed by atoms with van der Waals surface area (Å²) in [5, 5.41) is 7.39. The summed E-state index contributed by atoms with van der Waals surface area (Å²) in [6.07, 6.45) is 8.12. The molecule has 1 aromatic carbocycles. The van der Waals surface area contributed by atoms with Gasteiger partial charge in [0.1, 0.15) is 0 Å². The molecule has 0 spiro atoms. The van der Waals surface area contributed by atoms with Gasteiger partial charge in [0, 0.05) is 31.4 Å². The standard InChI is InChI=1S/C19H24N4O/c1-2-10-20-19(24)15-22-11-8-16(9-12-22)17-13-21-23(14-17)18-6-4-3-5-7-18/h3-8,13-14H,2,9-12,15H2,1H3,(H,20,24). The third kappa shape index (κ3) is 4.11. The van der Waals surface area contributed by atoms with E-state index in [-0.39, 0.29) is 5.91 Å². The monoisotopic (exact) mass is 324 g/mol. The molecule has 24 heavy (non-hydrogen) atoms. The first-order chi connectivity index (χ1) is 11.8. The Morgan fingerprint density at radius 1 is 1.29 bits per heavy atom. The van der Waals surface area contributed by atoms with Crippen LogP contribution in [-0.2, 0) is 4.79 Å². The van der Waals surface area contributed by atoms with Crippen molar-refractivity contribution in [3.8, 4) is 5.69 Å². The van der Waals surface area contributed by atoms with Gasteiger partial charge >= 0.3 is 0 Å². The van der Waals surface area contributed by atoms with E-state index in [4.69, 9.17) is 0 Å². The Hall–Kier alpha value is -2.40. The van der Waals surface area contributed by atoms with Gasteiger partial charge in [0.15, 0.2) is 0 Å². The first kappa shape index (κ1) is 16.5. The van der Waals surface area contributed by atoms with Crippen molar-refractivity contribution in [3.05, 3.63) is 54.4 Å². The smallest absolute Gasteiger partial charge is 0.234 e. The third-order valence-electron chi connectivity index (χ3n) is 4.21. The average molecular weight is 324 g/mol. The highest BCUT2D eigenvalue weighted by Crippen LogP contribution is 2.22. The number of para-hydroxylation sites is 1. The van der Waals surface area contributed by atoms with E-state index in [2.05, 4.69) is 34.5 Å². The van der Waals surface area contributed by atoms with E-state index in [0.29, 0.717) is 6.54 Å². The van der Waals surface area contributed by atoms with E-state index >= 15 is 0 Å². The van der Waals surface area contributed by atoms with Gasteiger partial charge in [-0.1, -0.05) is 31.2 Å². The van der Waals surface area contributed by atoms with E-state index in [0.717, 1.165) is 43.7 Å². The molecule has 0 bridgehead atoms. The zero-order chi connectivity index (χ0) is 16.8. The van der Waals surface area contributed by atoms with Crippen molar-refractivity contribution in [1.82, 2.24) is 20.0 Å². The van der Waals surface area contributed by atoms with Gasteiger partial charge in [0.05, 0.1) is 18.4 Å². The van der Waals surface area contributed by atoms with Crippen LogP contribution in [0.15, 0.2) is 48.8 Å². The Kier molecular flexibility index (Phi) is 5.43. The molecule has 5 heteroatoms. The van der Waals surface area contributed by atoms with Crippen LogP contribution in [0.25, 0.3) is 11.3 Å². The van der Waals surface area contributed by atoms with Crippen LogP contribution >= 0.6 is 0 Å². The molecule has 1 amide bonds. The van der Waals surface area contributed by atoms with Gasteiger partial charge in [-0.15, -0.1) is 0 Å². The lowest BCUT2D eigenvalue weighted by Crippen LogP contribution is -2.39. The number of amides is 1. The van der Waals surface area contributed by atoms with Crippen LogP contribution in [0.3, 0.4) is 0 Å². The number of hydrogen-bond donors (Lipinski definition) is 1. The summed E-state index contributed by atoms with van der Waals surface area (Å²) < 4.78 is 1.90. The van der Waals surface area contributed by atoms with Crippen molar-refractivity contribution in [2.45, 2.75) is 19.8 Å². The molecule has 0 saturated heterocycles. The quantitative estimate of drug-likeness (QED) is 0.888. The number of hydrogen-bond acceptors (Lipinski definition) is 3. The fraction of sp³-hybridized carbons (Fsp3) is 0.368. The first-order valence-electron chi connectivity index (χ1n) is 8.55. The van der Waals surface area contributed by atoms with Crippen LogP contribution in [0.4, 0.5) is 0 Å². The fourth-order valence-electron chi connectivity index (χ4n) is 2.85. The lowest BCUT2D eigenvalue weighted by Gasteiger charge is -2.25. The van der Waals surface area contributed by atoms with Crippen molar-refractivity contribution < 1.29 is 4.79 Å². The summed E-state index contributed by atoms with van der Waals surface area (Å²) in [5.41, 5.74) is 3.53. The number of carbonyl (C=O) groups is 1. The lowest BCUT2D eigenvalue weighted by atomic mass is 10.0. The predicted octanol–water partition coefficient (Wildman–Crippen LogP) is 2.49. The molecule has 0 atom stereocenters. The van der Waals surface area contributed by atoms with Gasteiger partial charge in [-0.2, -0.15) is 5.10 Å². The first-order valence-corrected chi connectivity index (χ1v) is 8.55. The van der Waals surface area contributed by atoms with Crippen molar-refractivity contribution in [2.24, 2.45) is 0 Å². The Morgan fingerprint density at radius 2 is 2.12 bits per heavy atom. The van der Waals surface area contributed by atoms with Crippen LogP contribution in [0, 0.1) is 0 Å². The second kappa shape index (κ2) is 7.93. The minimum atomic E-state index is 0.116. The number of rotatable bonds is 6. The zero-order valence-corrected chi connectivity index (χ0v) is 14.1. The lowest BCUT2D eigenvalue weighted by molar-refractivity contribution is -0.122. The number of carbonyl (C=O) groups excluding carboxylic acids is 1. The van der Waals surface area contributed by atoms with Gasteiger partial charge in [-0.05, 0) is 30.5 Å². The summed E-state index contributed by atoms with van der Waals surface area (Å²) in [7, 11) is 0. The third-order valence-corrected chi connectivity index (χ3v) is 4.21. The molecule has 1 aliphatic heterocycles. The Labute approximate surface area is 143 Å². The maximum Gasteiger partial charge on any atom is 0.234 e. The predicted molar refractivity (Wildman–Crippen MR) is 95.9 cm³/mol. The topological polar surface area (TPSA) is 50.2 Å². The second-order valence-corrected chi connectivity index (χ2v) is 6.07. The average Bonchev–Trinajstić information content (AvgIpc) is 3.11. The summed E-state index contributed by atoms with van der Waals surface area (Å²) >= 11 is 0. The molecular weight excluding hydrogens is 300 g/mol. The molecule has 0 fully saturated rings. The molecule has 1 N–H and O–H groups in total. The summed E-state index contributed by atoms with van der Waals surface area (Å²) in [5.74, 6) is 0.116. The van der Waals surface area contributed by atoms with Crippen molar-refractivity contribution in [1.29, 1.82) is 0 Å². The maximum absolute atomic E-state index is 11.8. The molecule has 2 heterocycles. The zero-order valence-electron chi connectivity index (χ0n) is 14.1. The van der Waals surface area contributed by atoms with Crippen molar-refractivity contribution >= 4 is 11.5 Å². The molecule has 5 nitrogen and oxygen atoms in total. The van der Waals surface area contributed by atoms with Gasteiger partial charge in [0.25, 0.3) is 0 Å². The molecule has 0 saturated carbocycles. The second-order valence-electron chi connectivity index (χ2n) is 6.07. The van der Waals surface area contributed by atoms with E-state index in [1.165, 1.54) is 5.57 Å². The molecule has 2 aromatic rings. The highest BCUT2D eigenvalue weighted by atomic mass is 16.2. The van der Waals surface area contributed by atoms with Gasteiger partial charge in [0.2, 0.25) is 5.91 Å². The fourth-order valence-corrected chi connectivity index (χ4v) is 2.85. The van der Waals surface area contributed by atoms with Crippen molar-refractivity contribution in [3.63, 3.8) is 0 Å². The van der Waals surface area contributed by atoms with Crippen molar-refractivity contribution in [2.75, 3.05) is 26.2 Å². The molecule has 1 aromatic heterocycles. The summed E-state index contributed by atoms with van der Waals surface area (Å²) in [4.78, 5) is 14.0. The summed E-state index contributed by atoms with van der Waals surface area (Å²) in [6, 6.07) is 10.1. The normalized spacial score (nSPS) is 15.1. The van der Waals surface area contributed by atoms with Crippen LogP contribution < -0.4 is 5.32 Å². The van der Waals surface area contributed by atoms with E-state index in [9.17, 15) is 4.79 Å². The van der Waals surface area contributed by atoms with E-state index in [1.54, 1.807) is 0 Å². The Bertz CT molecular complexity index is 705. The van der Waals surface area contributed by atoms with Crippen LogP contribution in [0.1, 0.15) is 25.3 Å². The van der Waals surface area contributed by atoms with Gasteiger partial charge in [-0.3, -0.25) is 9.69 Å². The molecule has 1 aliphatic rings. The van der Waals surface area contributed by atoms with E-state index in [1.807, 2.05) is 41.2 Å². The molecule has 0 unspecified atom stereocenters. The molecule has 0 radical (unpaired) electrons. The van der Waals surface area contributed by atoms with E-state index < -0.39 is 0 Å². The van der Waals surface area contributed by atoms with Crippen LogP contribution in [-0.4, -0.2) is 46.8 Å². The highest BCUT2D eigenvalue weighted by molar-refractivity contribution is 5.78. The number of aromatic nitrogens is 2. The SMILES string of the molecule is CCCNC(=O)CN1CC=C(c2cnn(-c3ccccc3)c2)CC1. The molecule has 0 aliphatic carbocycles. The number of benzene rings is 1. The highest BCUT2D eigenvalue weighted by Gasteiger charge is 2.16. The van der Waals surface area contributed by atoms with Crippen LogP contribution in [0.5, 0.6) is 0 Å². The minimum Gasteiger partial charge on any atom is -0.355 e. The number of nitrogens with zero attached hydrogens (tertiary/aromatic N) is 3.